The molecule has 0 saturated heterocycles. The first-order valence-electron chi connectivity index (χ1n) is 11.5. The van der Waals surface area contributed by atoms with E-state index in [1.54, 1.807) is 6.21 Å². The number of nitrogens with two attached hydrogens (primary N) is 1. The van der Waals surface area contributed by atoms with Crippen molar-refractivity contribution in [1.82, 2.24) is 14.9 Å². The minimum absolute atomic E-state index is 0.326. The molecule has 1 unspecified atom stereocenters. The second-order valence-corrected chi connectivity index (χ2v) is 8.82. The van der Waals surface area contributed by atoms with Crippen molar-refractivity contribution < 1.29 is 0 Å². The third-order valence-corrected chi connectivity index (χ3v) is 6.67. The number of benzene rings is 3. The van der Waals surface area contributed by atoms with E-state index in [4.69, 9.17) is 20.7 Å². The van der Waals surface area contributed by atoms with E-state index in [9.17, 15) is 0 Å². The number of rotatable bonds is 3. The predicted molar refractivity (Wildman–Crippen MR) is 140 cm³/mol. The third-order valence-electron chi connectivity index (χ3n) is 6.67. The number of aromatic amines is 1. The highest BCUT2D eigenvalue weighted by molar-refractivity contribution is 6.24. The molecule has 3 N–H and O–H groups in total. The summed E-state index contributed by atoms with van der Waals surface area (Å²) in [6.07, 6.45) is 3.81. The molecular formula is C28H21N7. The number of hydrogen-bond donors (Lipinski definition) is 2. The predicted octanol–water partition coefficient (Wildman–Crippen LogP) is 5.05. The molecule has 7 heteroatoms. The number of aliphatic imine (C=N–C) groups is 3. The van der Waals surface area contributed by atoms with Gasteiger partial charge in [0.1, 0.15) is 0 Å². The molecular weight excluding hydrogens is 434 g/mol. The Kier molecular flexibility index (Phi) is 3.99. The standard InChI is InChI=1S/C28H21N7/c1-17-11-13-18(14-12-17)23-24(33-26(29)32-23)28(19-7-3-2-4-8-19)25-31-21-10-6-5-9-20(21)22-15-16-30-27(34-28)35(22)25/h2-16H,1H3,(H3,29,32,33). The lowest BCUT2D eigenvalue weighted by Crippen LogP contribution is -2.43. The van der Waals surface area contributed by atoms with Crippen molar-refractivity contribution in [3.63, 3.8) is 0 Å². The van der Waals surface area contributed by atoms with Crippen molar-refractivity contribution in [2.45, 2.75) is 12.5 Å². The maximum absolute atomic E-state index is 6.29. The summed E-state index contributed by atoms with van der Waals surface area (Å²) in [7, 11) is 0. The molecule has 4 heterocycles. The number of nitrogens with zero attached hydrogens (tertiary/aromatic N) is 5. The van der Waals surface area contributed by atoms with E-state index in [0.717, 1.165) is 45.3 Å². The summed E-state index contributed by atoms with van der Waals surface area (Å²) in [5.41, 5.74) is 12.8. The molecule has 0 aliphatic carbocycles. The number of imidazole rings is 1. The molecule has 0 fully saturated rings. The van der Waals surface area contributed by atoms with Crippen LogP contribution in [0.2, 0.25) is 0 Å². The summed E-state index contributed by atoms with van der Waals surface area (Å²) in [6, 6.07) is 26.5. The van der Waals surface area contributed by atoms with Crippen LogP contribution in [0.25, 0.3) is 17.0 Å². The van der Waals surface area contributed by atoms with Gasteiger partial charge in [-0.3, -0.25) is 4.90 Å². The average molecular weight is 456 g/mol. The van der Waals surface area contributed by atoms with Crippen LogP contribution in [-0.2, 0) is 5.54 Å². The smallest absolute Gasteiger partial charge is 0.232 e. The van der Waals surface area contributed by atoms with Crippen LogP contribution in [0.5, 0.6) is 0 Å². The molecule has 0 spiro atoms. The number of aryl methyl sites for hydroxylation is 1. The van der Waals surface area contributed by atoms with Crippen molar-refractivity contribution in [1.29, 1.82) is 0 Å². The molecule has 1 atom stereocenters. The van der Waals surface area contributed by atoms with Crippen LogP contribution in [0.3, 0.4) is 0 Å². The van der Waals surface area contributed by atoms with Gasteiger partial charge in [-0.15, -0.1) is 0 Å². The molecule has 7 rings (SSSR count). The number of amidine groups is 1. The first kappa shape index (κ1) is 19.7. The molecule has 0 radical (unpaired) electrons. The number of fused-ring (bicyclic) bond motifs is 2. The van der Waals surface area contributed by atoms with Crippen LogP contribution in [-0.4, -0.2) is 32.9 Å². The maximum atomic E-state index is 6.29. The van der Waals surface area contributed by atoms with E-state index in [0.29, 0.717) is 11.9 Å². The van der Waals surface area contributed by atoms with Gasteiger partial charge in [0.15, 0.2) is 17.3 Å². The number of allylic oxidation sites excluding steroid dienone is 1. The minimum Gasteiger partial charge on any atom is -0.369 e. The van der Waals surface area contributed by atoms with Gasteiger partial charge in [0.25, 0.3) is 0 Å². The lowest BCUT2D eigenvalue weighted by Gasteiger charge is -2.34. The van der Waals surface area contributed by atoms with E-state index in [2.05, 4.69) is 59.4 Å². The Morgan fingerprint density at radius 1 is 0.914 bits per heavy atom. The molecule has 168 valence electrons. The van der Waals surface area contributed by atoms with Crippen molar-refractivity contribution in [3.8, 4) is 11.3 Å². The highest BCUT2D eigenvalue weighted by Crippen LogP contribution is 2.50. The minimum atomic E-state index is -1.02. The monoisotopic (exact) mass is 455 g/mol. The molecule has 4 aromatic rings. The Balaban J connectivity index is 1.58. The molecule has 3 aliphatic rings. The first-order chi connectivity index (χ1) is 17.1. The number of guanidine groups is 1. The normalized spacial score (nSPS) is 19.6. The average Bonchev–Trinajstić information content (AvgIpc) is 3.45. The fraction of sp³-hybridized carbons (Fsp3) is 0.0714. The van der Waals surface area contributed by atoms with Crippen molar-refractivity contribution in [3.05, 3.63) is 107 Å². The summed E-state index contributed by atoms with van der Waals surface area (Å²) in [6.45, 7) is 2.07. The second kappa shape index (κ2) is 7.11. The molecule has 0 amide bonds. The van der Waals surface area contributed by atoms with Gasteiger partial charge >= 0.3 is 0 Å². The number of nitrogen functional groups attached to an aromatic ring is 1. The van der Waals surface area contributed by atoms with Gasteiger partial charge in [-0.1, -0.05) is 78.4 Å². The van der Waals surface area contributed by atoms with Crippen LogP contribution in [0.15, 0.2) is 99.9 Å². The third kappa shape index (κ3) is 2.72. The zero-order valence-corrected chi connectivity index (χ0v) is 19.0. The zero-order valence-electron chi connectivity index (χ0n) is 19.0. The van der Waals surface area contributed by atoms with Gasteiger partial charge in [0.2, 0.25) is 5.96 Å². The number of anilines is 1. The van der Waals surface area contributed by atoms with Crippen molar-refractivity contribution in [2.24, 2.45) is 15.0 Å². The Bertz CT molecular complexity index is 1610. The van der Waals surface area contributed by atoms with Gasteiger partial charge < -0.3 is 10.7 Å². The summed E-state index contributed by atoms with van der Waals surface area (Å²) in [4.78, 5) is 25.2. The summed E-state index contributed by atoms with van der Waals surface area (Å²) >= 11 is 0. The Morgan fingerprint density at radius 3 is 2.51 bits per heavy atom. The fourth-order valence-electron chi connectivity index (χ4n) is 5.07. The Morgan fingerprint density at radius 2 is 1.69 bits per heavy atom. The summed E-state index contributed by atoms with van der Waals surface area (Å²) in [5, 5.41) is 0. The Hall–Kier alpha value is -4.78. The number of H-pyrrole nitrogens is 1. The van der Waals surface area contributed by atoms with Crippen LogP contribution in [0, 0.1) is 6.92 Å². The largest absolute Gasteiger partial charge is 0.369 e. The van der Waals surface area contributed by atoms with Crippen LogP contribution >= 0.6 is 0 Å². The van der Waals surface area contributed by atoms with E-state index in [-0.39, 0.29) is 0 Å². The quantitative estimate of drug-likeness (QED) is 0.452. The number of hydrogen-bond acceptors (Lipinski definition) is 6. The SMILES string of the molecule is Cc1ccc(-c2nc(N)[nH]c2C2(c3ccccc3)N=C3N=CC=C4c5ccccc5N=C2N43)cc1. The molecule has 0 bridgehead atoms. The van der Waals surface area contributed by atoms with Gasteiger partial charge in [0.05, 0.1) is 22.8 Å². The maximum Gasteiger partial charge on any atom is 0.232 e. The Labute approximate surface area is 202 Å². The number of nitrogens with one attached hydrogen (secondary N) is 1. The lowest BCUT2D eigenvalue weighted by atomic mass is 9.83. The topological polar surface area (TPSA) is 95.0 Å². The molecule has 7 nitrogen and oxygen atoms in total. The number of para-hydroxylation sites is 1. The molecule has 35 heavy (non-hydrogen) atoms. The van der Waals surface area contributed by atoms with Crippen molar-refractivity contribution in [2.75, 3.05) is 5.73 Å². The van der Waals surface area contributed by atoms with Gasteiger partial charge in [-0.25, -0.2) is 20.0 Å². The summed E-state index contributed by atoms with van der Waals surface area (Å²) < 4.78 is 0. The summed E-state index contributed by atoms with van der Waals surface area (Å²) in [5.74, 6) is 1.66. The van der Waals surface area contributed by atoms with Crippen LogP contribution < -0.4 is 5.73 Å². The number of aromatic nitrogens is 2. The van der Waals surface area contributed by atoms with Crippen LogP contribution in [0.1, 0.15) is 22.4 Å². The molecule has 1 aromatic heterocycles. The van der Waals surface area contributed by atoms with Gasteiger partial charge in [0, 0.05) is 17.3 Å². The van der Waals surface area contributed by atoms with Gasteiger partial charge in [-0.05, 0) is 24.6 Å². The van der Waals surface area contributed by atoms with Gasteiger partial charge in [-0.2, -0.15) is 0 Å². The van der Waals surface area contributed by atoms with Crippen LogP contribution in [0.4, 0.5) is 11.6 Å². The second-order valence-electron chi connectivity index (χ2n) is 8.82. The van der Waals surface area contributed by atoms with E-state index >= 15 is 0 Å². The van der Waals surface area contributed by atoms with E-state index < -0.39 is 5.54 Å². The highest BCUT2D eigenvalue weighted by Gasteiger charge is 2.54. The highest BCUT2D eigenvalue weighted by atomic mass is 15.4. The molecule has 0 saturated carbocycles. The lowest BCUT2D eigenvalue weighted by molar-refractivity contribution is 0.693. The molecule has 3 aromatic carbocycles. The first-order valence-corrected chi connectivity index (χ1v) is 11.5. The van der Waals surface area contributed by atoms with E-state index in [1.165, 1.54) is 5.56 Å². The van der Waals surface area contributed by atoms with E-state index in [1.807, 2.05) is 47.4 Å². The molecule has 3 aliphatic heterocycles. The van der Waals surface area contributed by atoms with Crippen molar-refractivity contribution >= 4 is 35.3 Å². The fourth-order valence-corrected chi connectivity index (χ4v) is 5.07. The zero-order chi connectivity index (χ0) is 23.6.